The summed E-state index contributed by atoms with van der Waals surface area (Å²) in [6.07, 6.45) is 7.89. The van der Waals surface area contributed by atoms with E-state index in [9.17, 15) is 9.59 Å². The van der Waals surface area contributed by atoms with Gasteiger partial charge in [-0.1, -0.05) is 31.4 Å². The molecule has 0 aromatic heterocycles. The monoisotopic (exact) mass is 415 g/mol. The lowest BCUT2D eigenvalue weighted by Crippen LogP contribution is -2.47. The molecule has 0 unspecified atom stereocenters. The maximum absolute atomic E-state index is 12.7. The Morgan fingerprint density at radius 1 is 1.20 bits per heavy atom. The molecule has 8 heteroatoms. The van der Waals surface area contributed by atoms with E-state index in [2.05, 4.69) is 10.6 Å². The normalized spacial score (nSPS) is 16.7. The van der Waals surface area contributed by atoms with Crippen molar-refractivity contribution in [3.8, 4) is 5.75 Å². The number of ether oxygens (including phenoxy) is 1. The maximum atomic E-state index is 12.7. The summed E-state index contributed by atoms with van der Waals surface area (Å²) < 4.78 is 5.35. The molecule has 1 aromatic carbocycles. The quantitative estimate of drug-likeness (QED) is 0.341. The summed E-state index contributed by atoms with van der Waals surface area (Å²) >= 11 is 0. The van der Waals surface area contributed by atoms with E-state index in [0.29, 0.717) is 23.9 Å². The zero-order chi connectivity index (χ0) is 21.5. The van der Waals surface area contributed by atoms with Gasteiger partial charge in [-0.25, -0.2) is 0 Å². The number of amides is 2. The molecule has 2 saturated carbocycles. The third kappa shape index (κ3) is 6.19. The van der Waals surface area contributed by atoms with Gasteiger partial charge in [0.05, 0.1) is 20.2 Å². The molecule has 3 rings (SSSR count). The van der Waals surface area contributed by atoms with Crippen molar-refractivity contribution >= 4 is 17.6 Å². The topological polar surface area (TPSA) is 121 Å². The van der Waals surface area contributed by atoms with Gasteiger partial charge in [0.15, 0.2) is 0 Å². The first-order valence-electron chi connectivity index (χ1n) is 10.8. The standard InChI is InChI=1S/C22H33N5O3/c1-30-19-11-15(22(23)24)7-8-16(19)12-26-20(28)14-27(18-9-10-18)21(29)13-25-17-5-3-2-4-6-17/h7-8,11,17-18,25H,2-6,9-10,12-14H2,1H3,(H3,23,24)(H,26,28). The average molecular weight is 416 g/mol. The van der Waals surface area contributed by atoms with Crippen molar-refractivity contribution in [1.29, 1.82) is 5.41 Å². The number of carbonyl (C=O) groups excluding carboxylic acids is 2. The SMILES string of the molecule is COc1cc(C(=N)N)ccc1CNC(=O)CN(C(=O)CNC1CCCCC1)C1CC1. The van der Waals surface area contributed by atoms with E-state index >= 15 is 0 Å². The van der Waals surface area contributed by atoms with Crippen molar-refractivity contribution < 1.29 is 14.3 Å². The highest BCUT2D eigenvalue weighted by Crippen LogP contribution is 2.27. The molecule has 0 bridgehead atoms. The Morgan fingerprint density at radius 2 is 1.93 bits per heavy atom. The molecule has 5 N–H and O–H groups in total. The Morgan fingerprint density at radius 3 is 2.57 bits per heavy atom. The minimum atomic E-state index is -0.189. The lowest BCUT2D eigenvalue weighted by Gasteiger charge is -2.26. The van der Waals surface area contributed by atoms with Crippen LogP contribution in [0.1, 0.15) is 56.1 Å². The predicted molar refractivity (Wildman–Crippen MR) is 115 cm³/mol. The Bertz CT molecular complexity index is 772. The first-order chi connectivity index (χ1) is 14.5. The summed E-state index contributed by atoms with van der Waals surface area (Å²) in [5.41, 5.74) is 6.87. The first-order valence-corrected chi connectivity index (χ1v) is 10.8. The van der Waals surface area contributed by atoms with Crippen LogP contribution in [0.4, 0.5) is 0 Å². The van der Waals surface area contributed by atoms with Crippen LogP contribution in [0.15, 0.2) is 18.2 Å². The van der Waals surface area contributed by atoms with E-state index in [1.807, 2.05) is 0 Å². The van der Waals surface area contributed by atoms with Gasteiger partial charge in [0.1, 0.15) is 11.6 Å². The van der Waals surface area contributed by atoms with Crippen molar-refractivity contribution in [3.63, 3.8) is 0 Å². The van der Waals surface area contributed by atoms with Gasteiger partial charge in [0.25, 0.3) is 0 Å². The number of nitrogens with zero attached hydrogens (tertiary/aromatic N) is 1. The lowest BCUT2D eigenvalue weighted by atomic mass is 9.95. The number of hydrogen-bond donors (Lipinski definition) is 4. The zero-order valence-electron chi connectivity index (χ0n) is 17.7. The van der Waals surface area contributed by atoms with Gasteiger partial charge in [-0.2, -0.15) is 0 Å². The van der Waals surface area contributed by atoms with Crippen LogP contribution >= 0.6 is 0 Å². The second kappa shape index (κ2) is 10.4. The van der Waals surface area contributed by atoms with Crippen molar-refractivity contribution in [2.24, 2.45) is 5.73 Å². The molecule has 164 valence electrons. The van der Waals surface area contributed by atoms with Gasteiger partial charge in [-0.3, -0.25) is 15.0 Å². The second-order valence-electron chi connectivity index (χ2n) is 8.19. The van der Waals surface area contributed by atoms with E-state index in [1.165, 1.54) is 26.4 Å². The summed E-state index contributed by atoms with van der Waals surface area (Å²) in [5.74, 6) is 0.339. The molecule has 2 amide bonds. The van der Waals surface area contributed by atoms with Crippen molar-refractivity contribution in [2.45, 2.75) is 63.6 Å². The molecule has 0 aliphatic heterocycles. The van der Waals surface area contributed by atoms with Crippen LogP contribution in [-0.4, -0.2) is 54.8 Å². The molecule has 0 spiro atoms. The Balaban J connectivity index is 1.50. The van der Waals surface area contributed by atoms with Crippen LogP contribution in [0.25, 0.3) is 0 Å². The van der Waals surface area contributed by atoms with Crippen LogP contribution in [0, 0.1) is 5.41 Å². The third-order valence-corrected chi connectivity index (χ3v) is 5.84. The molecule has 30 heavy (non-hydrogen) atoms. The highest BCUT2D eigenvalue weighted by atomic mass is 16.5. The van der Waals surface area contributed by atoms with Gasteiger partial charge in [0, 0.05) is 29.8 Å². The van der Waals surface area contributed by atoms with Gasteiger partial charge in [-0.15, -0.1) is 0 Å². The van der Waals surface area contributed by atoms with Crippen molar-refractivity contribution in [1.82, 2.24) is 15.5 Å². The number of amidine groups is 1. The van der Waals surface area contributed by atoms with E-state index in [1.54, 1.807) is 23.1 Å². The van der Waals surface area contributed by atoms with Crippen molar-refractivity contribution in [3.05, 3.63) is 29.3 Å². The number of methoxy groups -OCH3 is 1. The number of nitrogens with one attached hydrogen (secondary N) is 3. The molecular weight excluding hydrogens is 382 g/mol. The minimum absolute atomic E-state index is 0.00150. The maximum Gasteiger partial charge on any atom is 0.239 e. The summed E-state index contributed by atoms with van der Waals surface area (Å²) in [6.45, 7) is 0.658. The van der Waals surface area contributed by atoms with Gasteiger partial charge in [0.2, 0.25) is 11.8 Å². The summed E-state index contributed by atoms with van der Waals surface area (Å²) in [5, 5.41) is 13.8. The van der Waals surface area contributed by atoms with E-state index in [-0.39, 0.29) is 36.8 Å². The molecule has 8 nitrogen and oxygen atoms in total. The number of rotatable bonds is 10. The summed E-state index contributed by atoms with van der Waals surface area (Å²) in [4.78, 5) is 26.9. The largest absolute Gasteiger partial charge is 0.496 e. The minimum Gasteiger partial charge on any atom is -0.496 e. The van der Waals surface area contributed by atoms with Crippen LogP contribution < -0.4 is 21.1 Å². The number of benzene rings is 1. The molecule has 0 saturated heterocycles. The third-order valence-electron chi connectivity index (χ3n) is 5.84. The number of hydrogen-bond acceptors (Lipinski definition) is 5. The average Bonchev–Trinajstić information content (AvgIpc) is 3.60. The highest BCUT2D eigenvalue weighted by molar-refractivity contribution is 5.95. The van der Waals surface area contributed by atoms with E-state index in [0.717, 1.165) is 31.2 Å². The molecule has 1 aromatic rings. The highest BCUT2D eigenvalue weighted by Gasteiger charge is 2.33. The van der Waals surface area contributed by atoms with Crippen LogP contribution in [0.3, 0.4) is 0 Å². The fourth-order valence-corrected chi connectivity index (χ4v) is 3.91. The molecule has 2 aliphatic rings. The lowest BCUT2D eigenvalue weighted by molar-refractivity contribution is -0.136. The van der Waals surface area contributed by atoms with E-state index < -0.39 is 0 Å². The Labute approximate surface area is 178 Å². The molecule has 2 aliphatic carbocycles. The van der Waals surface area contributed by atoms with Crippen molar-refractivity contribution in [2.75, 3.05) is 20.2 Å². The fraction of sp³-hybridized carbons (Fsp3) is 0.591. The second-order valence-corrected chi connectivity index (χ2v) is 8.19. The van der Waals surface area contributed by atoms with E-state index in [4.69, 9.17) is 15.9 Å². The predicted octanol–water partition coefficient (Wildman–Crippen LogP) is 1.51. The van der Waals surface area contributed by atoms with Gasteiger partial charge >= 0.3 is 0 Å². The molecule has 2 fully saturated rings. The molecule has 0 heterocycles. The number of carbonyl (C=O) groups is 2. The van der Waals surface area contributed by atoms with Gasteiger partial charge in [-0.05, 0) is 31.7 Å². The van der Waals surface area contributed by atoms with Gasteiger partial charge < -0.3 is 26.0 Å². The first kappa shape index (κ1) is 22.1. The van der Waals surface area contributed by atoms with Crippen LogP contribution in [0.2, 0.25) is 0 Å². The smallest absolute Gasteiger partial charge is 0.239 e. The summed E-state index contributed by atoms with van der Waals surface area (Å²) in [7, 11) is 1.54. The Kier molecular flexibility index (Phi) is 7.68. The number of nitrogen functional groups attached to an aromatic ring is 1. The summed E-state index contributed by atoms with van der Waals surface area (Å²) in [6, 6.07) is 5.79. The zero-order valence-corrected chi connectivity index (χ0v) is 17.7. The fourth-order valence-electron chi connectivity index (χ4n) is 3.91. The van der Waals surface area contributed by atoms with Crippen LogP contribution in [0.5, 0.6) is 5.75 Å². The molecular formula is C22H33N5O3. The molecule has 0 radical (unpaired) electrons. The number of nitrogens with two attached hydrogens (primary N) is 1. The van der Waals surface area contributed by atoms with Crippen LogP contribution in [-0.2, 0) is 16.1 Å². The Hall–Kier alpha value is -2.61. The molecule has 0 atom stereocenters.